The molecule has 1 aliphatic heterocycles. The van der Waals surface area contributed by atoms with Gasteiger partial charge in [-0.2, -0.15) is 0 Å². The van der Waals surface area contributed by atoms with Gasteiger partial charge in [0.15, 0.2) is 5.76 Å². The Morgan fingerprint density at radius 3 is 2.74 bits per heavy atom. The quantitative estimate of drug-likeness (QED) is 0.684. The largest absolute Gasteiger partial charge is 0.478 e. The van der Waals surface area contributed by atoms with Crippen LogP contribution in [0.3, 0.4) is 0 Å². The average molecular weight is 376 g/mol. The standard InChI is InChI=1S/C19H21FN2O5/c1-2-16-13(19(24)25)9-17(27-16)18(23)22-11-5-6-15(14(20)8-11)21-10-12-4-3-7-26-12/h5-6,8-9,12,21H,2-4,7,10H2,1H3,(H,22,23)(H,24,25). The maximum Gasteiger partial charge on any atom is 0.339 e. The molecule has 1 amide bonds. The molecule has 0 radical (unpaired) electrons. The number of furan rings is 1. The molecule has 1 atom stereocenters. The zero-order valence-corrected chi connectivity index (χ0v) is 14.9. The van der Waals surface area contributed by atoms with Crippen LogP contribution in [0.1, 0.15) is 46.4 Å². The van der Waals surface area contributed by atoms with Crippen molar-refractivity contribution in [2.24, 2.45) is 0 Å². The van der Waals surface area contributed by atoms with Crippen molar-refractivity contribution >= 4 is 23.3 Å². The maximum absolute atomic E-state index is 14.2. The molecule has 1 aromatic heterocycles. The van der Waals surface area contributed by atoms with Gasteiger partial charge in [0.25, 0.3) is 5.91 Å². The molecule has 2 heterocycles. The van der Waals surface area contributed by atoms with Gasteiger partial charge in [-0.25, -0.2) is 9.18 Å². The highest BCUT2D eigenvalue weighted by atomic mass is 19.1. The Morgan fingerprint density at radius 2 is 2.15 bits per heavy atom. The Bertz CT molecular complexity index is 843. The third-order valence-electron chi connectivity index (χ3n) is 4.36. The van der Waals surface area contributed by atoms with E-state index in [1.165, 1.54) is 18.2 Å². The van der Waals surface area contributed by atoms with Crippen LogP contribution in [0, 0.1) is 5.82 Å². The van der Waals surface area contributed by atoms with Crippen LogP contribution < -0.4 is 10.6 Å². The molecule has 0 spiro atoms. The van der Waals surface area contributed by atoms with Crippen LogP contribution in [-0.2, 0) is 11.2 Å². The number of anilines is 2. The van der Waals surface area contributed by atoms with Gasteiger partial charge >= 0.3 is 5.97 Å². The number of ether oxygens (including phenoxy) is 1. The van der Waals surface area contributed by atoms with Crippen molar-refractivity contribution in [3.8, 4) is 0 Å². The van der Waals surface area contributed by atoms with Crippen LogP contribution in [0.25, 0.3) is 0 Å². The molecule has 3 N–H and O–H groups in total. The van der Waals surface area contributed by atoms with E-state index in [9.17, 15) is 14.0 Å². The van der Waals surface area contributed by atoms with Crippen LogP contribution >= 0.6 is 0 Å². The number of amides is 1. The molecule has 0 aliphatic carbocycles. The molecule has 0 saturated carbocycles. The van der Waals surface area contributed by atoms with E-state index in [4.69, 9.17) is 14.3 Å². The van der Waals surface area contributed by atoms with Crippen LogP contribution in [0.2, 0.25) is 0 Å². The Labute approximate surface area is 155 Å². The molecule has 1 saturated heterocycles. The maximum atomic E-state index is 14.2. The van der Waals surface area contributed by atoms with Gasteiger partial charge in [-0.3, -0.25) is 4.79 Å². The Balaban J connectivity index is 1.65. The number of carbonyl (C=O) groups is 2. The van der Waals surface area contributed by atoms with Crippen LogP contribution in [-0.4, -0.2) is 36.2 Å². The van der Waals surface area contributed by atoms with Gasteiger partial charge in [-0.15, -0.1) is 0 Å². The monoisotopic (exact) mass is 376 g/mol. The summed E-state index contributed by atoms with van der Waals surface area (Å²) >= 11 is 0. The van der Waals surface area contributed by atoms with Crippen LogP contribution in [0.5, 0.6) is 0 Å². The highest BCUT2D eigenvalue weighted by molar-refractivity contribution is 6.04. The molecular weight excluding hydrogens is 355 g/mol. The molecule has 1 aromatic carbocycles. The van der Waals surface area contributed by atoms with Gasteiger partial charge in [-0.05, 0) is 31.0 Å². The number of carboxylic acids is 1. The molecule has 1 unspecified atom stereocenters. The summed E-state index contributed by atoms with van der Waals surface area (Å²) in [5, 5.41) is 14.6. The molecule has 2 aromatic rings. The summed E-state index contributed by atoms with van der Waals surface area (Å²) < 4.78 is 25.0. The first-order valence-corrected chi connectivity index (χ1v) is 8.80. The smallest absolute Gasteiger partial charge is 0.339 e. The molecular formula is C19H21FN2O5. The average Bonchev–Trinajstić information content (AvgIpc) is 3.30. The number of nitrogens with one attached hydrogen (secondary N) is 2. The minimum atomic E-state index is -1.16. The predicted molar refractivity (Wildman–Crippen MR) is 96.9 cm³/mol. The summed E-state index contributed by atoms with van der Waals surface area (Å²) in [4.78, 5) is 23.4. The molecule has 7 nitrogen and oxygen atoms in total. The summed E-state index contributed by atoms with van der Waals surface area (Å²) in [5.74, 6) is -2.23. The first-order valence-electron chi connectivity index (χ1n) is 8.80. The van der Waals surface area contributed by atoms with Gasteiger partial charge in [0.05, 0.1) is 11.8 Å². The third-order valence-corrected chi connectivity index (χ3v) is 4.36. The summed E-state index contributed by atoms with van der Waals surface area (Å²) in [5.41, 5.74) is 0.511. The van der Waals surface area contributed by atoms with E-state index in [0.29, 0.717) is 18.7 Å². The summed E-state index contributed by atoms with van der Waals surface area (Å²) in [6.45, 7) is 2.98. The lowest BCUT2D eigenvalue weighted by atomic mass is 10.2. The SMILES string of the molecule is CCc1oc(C(=O)Nc2ccc(NCC3CCCO3)c(F)c2)cc1C(=O)O. The fourth-order valence-electron chi connectivity index (χ4n) is 2.94. The van der Waals surface area contributed by atoms with E-state index in [2.05, 4.69) is 10.6 Å². The second kappa shape index (κ2) is 8.22. The summed E-state index contributed by atoms with van der Waals surface area (Å²) in [7, 11) is 0. The first kappa shape index (κ1) is 18.9. The van der Waals surface area contributed by atoms with Gasteiger partial charge in [0.1, 0.15) is 17.1 Å². The number of benzene rings is 1. The minimum absolute atomic E-state index is 0.0532. The number of halogens is 1. The fourth-order valence-corrected chi connectivity index (χ4v) is 2.94. The van der Waals surface area contributed by atoms with Crippen molar-refractivity contribution in [2.75, 3.05) is 23.8 Å². The number of aryl methyl sites for hydroxylation is 1. The summed E-state index contributed by atoms with van der Waals surface area (Å²) in [6, 6.07) is 5.45. The molecule has 3 rings (SSSR count). The van der Waals surface area contributed by atoms with Crippen molar-refractivity contribution in [1.29, 1.82) is 0 Å². The minimum Gasteiger partial charge on any atom is -0.478 e. The number of carboxylic acid groups (broad SMARTS) is 1. The zero-order valence-electron chi connectivity index (χ0n) is 14.9. The van der Waals surface area contributed by atoms with Crippen molar-refractivity contribution in [2.45, 2.75) is 32.3 Å². The Morgan fingerprint density at radius 1 is 1.33 bits per heavy atom. The van der Waals surface area contributed by atoms with E-state index >= 15 is 0 Å². The number of carbonyl (C=O) groups excluding carboxylic acids is 1. The van der Waals surface area contributed by atoms with E-state index < -0.39 is 17.7 Å². The lowest BCUT2D eigenvalue weighted by Crippen LogP contribution is -2.19. The molecule has 27 heavy (non-hydrogen) atoms. The molecule has 144 valence electrons. The molecule has 1 fully saturated rings. The number of hydrogen-bond donors (Lipinski definition) is 3. The van der Waals surface area contributed by atoms with Crippen LogP contribution in [0.4, 0.5) is 15.8 Å². The molecule has 1 aliphatic rings. The van der Waals surface area contributed by atoms with Gasteiger partial charge in [-0.1, -0.05) is 6.92 Å². The second-order valence-electron chi connectivity index (χ2n) is 6.27. The third kappa shape index (κ3) is 4.46. The summed E-state index contributed by atoms with van der Waals surface area (Å²) in [6.07, 6.45) is 2.38. The van der Waals surface area contributed by atoms with Gasteiger partial charge in [0, 0.05) is 31.3 Å². The highest BCUT2D eigenvalue weighted by Crippen LogP contribution is 2.22. The Hall–Kier alpha value is -2.87. The van der Waals surface area contributed by atoms with Crippen molar-refractivity contribution < 1.29 is 28.2 Å². The van der Waals surface area contributed by atoms with E-state index in [1.54, 1.807) is 13.0 Å². The van der Waals surface area contributed by atoms with Crippen molar-refractivity contribution in [1.82, 2.24) is 0 Å². The second-order valence-corrected chi connectivity index (χ2v) is 6.27. The lowest BCUT2D eigenvalue weighted by molar-refractivity contribution is 0.0694. The number of aromatic carboxylic acids is 1. The number of rotatable bonds is 7. The van der Waals surface area contributed by atoms with E-state index in [0.717, 1.165) is 19.4 Å². The lowest BCUT2D eigenvalue weighted by Gasteiger charge is -2.13. The van der Waals surface area contributed by atoms with Crippen LogP contribution in [0.15, 0.2) is 28.7 Å². The van der Waals surface area contributed by atoms with Gasteiger partial charge in [0.2, 0.25) is 0 Å². The normalized spacial score (nSPS) is 16.3. The number of hydrogen-bond acceptors (Lipinski definition) is 5. The zero-order chi connectivity index (χ0) is 19.4. The topological polar surface area (TPSA) is 101 Å². The van der Waals surface area contributed by atoms with E-state index in [-0.39, 0.29) is 28.9 Å². The van der Waals surface area contributed by atoms with Crippen molar-refractivity contribution in [3.63, 3.8) is 0 Å². The van der Waals surface area contributed by atoms with E-state index in [1.807, 2.05) is 0 Å². The van der Waals surface area contributed by atoms with Crippen molar-refractivity contribution in [3.05, 3.63) is 47.2 Å². The highest BCUT2D eigenvalue weighted by Gasteiger charge is 2.20. The molecule has 0 bridgehead atoms. The Kier molecular flexibility index (Phi) is 5.75. The molecule has 8 heteroatoms. The first-order chi connectivity index (χ1) is 13.0. The van der Waals surface area contributed by atoms with Gasteiger partial charge < -0.3 is 24.9 Å². The fraction of sp³-hybridized carbons (Fsp3) is 0.368. The predicted octanol–water partition coefficient (Wildman–Crippen LogP) is 3.52.